The molecule has 1 aromatic carbocycles. The maximum atomic E-state index is 12.6. The fourth-order valence-electron chi connectivity index (χ4n) is 2.97. The molecule has 9 heteroatoms. The van der Waals surface area contributed by atoms with E-state index < -0.39 is 0 Å². The molecule has 3 heterocycles. The molecule has 1 unspecified atom stereocenters. The summed E-state index contributed by atoms with van der Waals surface area (Å²) in [6, 6.07) is 7.00. The normalized spacial score (nSPS) is 16.7. The Bertz CT molecular complexity index is 1000. The molecular formula is C19H19N3O5S. The summed E-state index contributed by atoms with van der Waals surface area (Å²) in [4.78, 5) is 21.2. The van der Waals surface area contributed by atoms with Crippen molar-refractivity contribution in [3.63, 3.8) is 0 Å². The van der Waals surface area contributed by atoms with Crippen LogP contribution in [0.5, 0.6) is 11.6 Å². The standard InChI is InChI=1S/C19H19N3O5S/c1-24-13-4-3-12(14-10-26-7-8-27-14)17-16(13)21-19(28-17)22-18(23)11-5-6-20-15(9-11)25-2/h3-6,9,14H,7-8,10H2,1-2H3,(H,21,22,23). The number of amides is 1. The molecule has 0 saturated carbocycles. The summed E-state index contributed by atoms with van der Waals surface area (Å²) in [7, 11) is 3.10. The quantitative estimate of drug-likeness (QED) is 0.702. The SMILES string of the molecule is COc1cc(C(=O)Nc2nc3c(OC)ccc(C4COCCO4)c3s2)ccn1. The predicted molar refractivity (Wildman–Crippen MR) is 104 cm³/mol. The van der Waals surface area contributed by atoms with E-state index in [9.17, 15) is 4.79 Å². The Morgan fingerprint density at radius 3 is 2.89 bits per heavy atom. The third-order valence-electron chi connectivity index (χ3n) is 4.35. The summed E-state index contributed by atoms with van der Waals surface area (Å²) in [6.45, 7) is 1.62. The number of carbonyl (C=O) groups is 1. The average molecular weight is 401 g/mol. The molecule has 1 N–H and O–H groups in total. The van der Waals surface area contributed by atoms with Gasteiger partial charge in [0.15, 0.2) is 5.13 Å². The van der Waals surface area contributed by atoms with Gasteiger partial charge in [0.25, 0.3) is 5.91 Å². The van der Waals surface area contributed by atoms with Gasteiger partial charge in [0, 0.05) is 23.4 Å². The largest absolute Gasteiger partial charge is 0.494 e. The Labute approximate surface area is 165 Å². The lowest BCUT2D eigenvalue weighted by atomic mass is 10.1. The third kappa shape index (κ3) is 3.64. The number of hydrogen-bond donors (Lipinski definition) is 1. The van der Waals surface area contributed by atoms with Crippen molar-refractivity contribution in [3.8, 4) is 11.6 Å². The fourth-order valence-corrected chi connectivity index (χ4v) is 4.01. The Kier molecular flexibility index (Phi) is 5.38. The first-order valence-corrected chi connectivity index (χ1v) is 9.49. The van der Waals surface area contributed by atoms with E-state index in [0.29, 0.717) is 47.7 Å². The van der Waals surface area contributed by atoms with E-state index in [0.717, 1.165) is 10.3 Å². The predicted octanol–water partition coefficient (Wildman–Crippen LogP) is 3.05. The summed E-state index contributed by atoms with van der Waals surface area (Å²) < 4.78 is 22.8. The van der Waals surface area contributed by atoms with Crippen LogP contribution in [0.15, 0.2) is 30.5 Å². The minimum Gasteiger partial charge on any atom is -0.494 e. The van der Waals surface area contributed by atoms with Gasteiger partial charge in [0.1, 0.15) is 17.4 Å². The summed E-state index contributed by atoms with van der Waals surface area (Å²) >= 11 is 1.37. The number of pyridine rings is 1. The zero-order valence-electron chi connectivity index (χ0n) is 15.4. The second-order valence-corrected chi connectivity index (χ2v) is 7.03. The van der Waals surface area contributed by atoms with E-state index in [-0.39, 0.29) is 12.0 Å². The fraction of sp³-hybridized carbons (Fsp3) is 0.316. The summed E-state index contributed by atoms with van der Waals surface area (Å²) in [6.07, 6.45) is 1.35. The minimum atomic E-state index is -0.294. The molecule has 0 aliphatic carbocycles. The summed E-state index contributed by atoms with van der Waals surface area (Å²) in [5.74, 6) is 0.714. The number of nitrogens with one attached hydrogen (secondary N) is 1. The highest BCUT2D eigenvalue weighted by Crippen LogP contribution is 2.39. The van der Waals surface area contributed by atoms with Crippen LogP contribution in [0.1, 0.15) is 22.0 Å². The molecule has 28 heavy (non-hydrogen) atoms. The van der Waals surface area contributed by atoms with Crippen LogP contribution in [0.4, 0.5) is 5.13 Å². The van der Waals surface area contributed by atoms with Crippen molar-refractivity contribution < 1.29 is 23.7 Å². The lowest BCUT2D eigenvalue weighted by Gasteiger charge is -2.23. The van der Waals surface area contributed by atoms with Gasteiger partial charge in [-0.25, -0.2) is 9.97 Å². The van der Waals surface area contributed by atoms with Gasteiger partial charge in [-0.1, -0.05) is 17.4 Å². The topological polar surface area (TPSA) is 91.8 Å². The molecule has 146 valence electrons. The summed E-state index contributed by atoms with van der Waals surface area (Å²) in [5, 5.41) is 3.31. The van der Waals surface area contributed by atoms with E-state index in [1.165, 1.54) is 24.6 Å². The van der Waals surface area contributed by atoms with Crippen molar-refractivity contribution in [3.05, 3.63) is 41.6 Å². The Morgan fingerprint density at radius 2 is 2.14 bits per heavy atom. The second kappa shape index (κ2) is 8.09. The molecule has 1 fully saturated rings. The number of fused-ring (bicyclic) bond motifs is 1. The van der Waals surface area contributed by atoms with Crippen molar-refractivity contribution in [2.75, 3.05) is 39.4 Å². The lowest BCUT2D eigenvalue weighted by molar-refractivity contribution is -0.0895. The first-order valence-electron chi connectivity index (χ1n) is 8.67. The number of thiazole rings is 1. The lowest BCUT2D eigenvalue weighted by Crippen LogP contribution is -2.21. The zero-order valence-corrected chi connectivity index (χ0v) is 16.2. The Hall–Kier alpha value is -2.75. The van der Waals surface area contributed by atoms with Crippen molar-refractivity contribution >= 4 is 32.6 Å². The molecule has 1 saturated heterocycles. The average Bonchev–Trinajstić information content (AvgIpc) is 3.17. The highest BCUT2D eigenvalue weighted by molar-refractivity contribution is 7.22. The van der Waals surface area contributed by atoms with Gasteiger partial charge in [-0.05, 0) is 12.1 Å². The molecule has 0 radical (unpaired) electrons. The molecule has 1 aliphatic heterocycles. The van der Waals surface area contributed by atoms with E-state index >= 15 is 0 Å². The van der Waals surface area contributed by atoms with Crippen LogP contribution in [-0.2, 0) is 9.47 Å². The van der Waals surface area contributed by atoms with Crippen molar-refractivity contribution in [2.45, 2.75) is 6.10 Å². The molecular weight excluding hydrogens is 382 g/mol. The second-order valence-electron chi connectivity index (χ2n) is 6.03. The van der Waals surface area contributed by atoms with Crippen LogP contribution < -0.4 is 14.8 Å². The highest BCUT2D eigenvalue weighted by Gasteiger charge is 2.23. The molecule has 8 nitrogen and oxygen atoms in total. The zero-order chi connectivity index (χ0) is 19.5. The van der Waals surface area contributed by atoms with Crippen molar-refractivity contribution in [2.24, 2.45) is 0 Å². The monoisotopic (exact) mass is 401 g/mol. The number of hydrogen-bond acceptors (Lipinski definition) is 8. The number of ether oxygens (including phenoxy) is 4. The van der Waals surface area contributed by atoms with Crippen LogP contribution in [0.2, 0.25) is 0 Å². The third-order valence-corrected chi connectivity index (χ3v) is 5.37. The van der Waals surface area contributed by atoms with Gasteiger partial charge in [-0.15, -0.1) is 0 Å². The van der Waals surface area contributed by atoms with Crippen LogP contribution >= 0.6 is 11.3 Å². The molecule has 2 aromatic heterocycles. The van der Waals surface area contributed by atoms with Crippen molar-refractivity contribution in [1.29, 1.82) is 0 Å². The number of rotatable bonds is 5. The number of methoxy groups -OCH3 is 2. The minimum absolute atomic E-state index is 0.171. The van der Waals surface area contributed by atoms with Crippen LogP contribution in [-0.4, -0.2) is 49.9 Å². The van der Waals surface area contributed by atoms with Crippen molar-refractivity contribution in [1.82, 2.24) is 9.97 Å². The molecule has 1 aliphatic rings. The molecule has 0 bridgehead atoms. The van der Waals surface area contributed by atoms with Crippen LogP contribution in [0, 0.1) is 0 Å². The van der Waals surface area contributed by atoms with E-state index in [1.807, 2.05) is 12.1 Å². The Morgan fingerprint density at radius 1 is 1.25 bits per heavy atom. The number of carbonyl (C=O) groups excluding carboxylic acids is 1. The molecule has 4 rings (SSSR count). The highest BCUT2D eigenvalue weighted by atomic mass is 32.1. The van der Waals surface area contributed by atoms with Gasteiger partial charge >= 0.3 is 0 Å². The van der Waals surface area contributed by atoms with E-state index in [4.69, 9.17) is 18.9 Å². The molecule has 0 spiro atoms. The van der Waals surface area contributed by atoms with E-state index in [2.05, 4.69) is 15.3 Å². The molecule has 1 atom stereocenters. The summed E-state index contributed by atoms with van der Waals surface area (Å²) in [5.41, 5.74) is 2.09. The van der Waals surface area contributed by atoms with Crippen LogP contribution in [0.3, 0.4) is 0 Å². The smallest absolute Gasteiger partial charge is 0.257 e. The maximum Gasteiger partial charge on any atom is 0.257 e. The first-order chi connectivity index (χ1) is 13.7. The van der Waals surface area contributed by atoms with E-state index in [1.54, 1.807) is 19.2 Å². The molecule has 3 aromatic rings. The van der Waals surface area contributed by atoms with Gasteiger partial charge in [-0.3, -0.25) is 10.1 Å². The van der Waals surface area contributed by atoms with Gasteiger partial charge in [0.2, 0.25) is 5.88 Å². The van der Waals surface area contributed by atoms with Gasteiger partial charge in [0.05, 0.1) is 38.7 Å². The molecule has 1 amide bonds. The number of benzene rings is 1. The number of nitrogens with zero attached hydrogens (tertiary/aromatic N) is 2. The maximum absolute atomic E-state index is 12.6. The van der Waals surface area contributed by atoms with Crippen LogP contribution in [0.25, 0.3) is 10.2 Å². The number of aromatic nitrogens is 2. The first kappa shape index (κ1) is 18.6. The van der Waals surface area contributed by atoms with Gasteiger partial charge in [-0.2, -0.15) is 0 Å². The Balaban J connectivity index is 1.66. The number of anilines is 1. The van der Waals surface area contributed by atoms with Gasteiger partial charge < -0.3 is 18.9 Å².